The number of nitrogens with one attached hydrogen (secondary N) is 1. The molecule has 0 bridgehead atoms. The number of ether oxygens (including phenoxy) is 1. The molecule has 2 aromatic carbocycles. The normalized spacial score (nSPS) is 10.9. The van der Waals surface area contributed by atoms with Gasteiger partial charge in [0.25, 0.3) is 11.8 Å². The number of hydrogen-bond donors (Lipinski definition) is 2. The molecule has 0 fully saturated rings. The van der Waals surface area contributed by atoms with Crippen molar-refractivity contribution in [2.24, 2.45) is 5.73 Å². The van der Waals surface area contributed by atoms with E-state index in [1.54, 1.807) is 48.5 Å². The van der Waals surface area contributed by atoms with Crippen molar-refractivity contribution in [2.45, 2.75) is 26.4 Å². The second-order valence-electron chi connectivity index (χ2n) is 6.10. The monoisotopic (exact) mass is 312 g/mol. The summed E-state index contributed by atoms with van der Waals surface area (Å²) in [4.78, 5) is 23.7. The van der Waals surface area contributed by atoms with Gasteiger partial charge in [-0.2, -0.15) is 0 Å². The minimum Gasteiger partial charge on any atom is -0.488 e. The molecular formula is C18H20N2O3. The topological polar surface area (TPSA) is 81.4 Å². The summed E-state index contributed by atoms with van der Waals surface area (Å²) in [6.07, 6.45) is 0. The smallest absolute Gasteiger partial charge is 0.255 e. The second-order valence-corrected chi connectivity index (χ2v) is 6.10. The van der Waals surface area contributed by atoms with Crippen LogP contribution >= 0.6 is 0 Å². The van der Waals surface area contributed by atoms with Gasteiger partial charge in [-0.1, -0.05) is 12.1 Å². The lowest BCUT2D eigenvalue weighted by Crippen LogP contribution is -2.23. The summed E-state index contributed by atoms with van der Waals surface area (Å²) in [6.45, 7) is 5.86. The van der Waals surface area contributed by atoms with E-state index in [4.69, 9.17) is 10.5 Å². The first-order valence-corrected chi connectivity index (χ1v) is 7.25. The second kappa shape index (κ2) is 6.52. The number of hydrogen-bond acceptors (Lipinski definition) is 3. The molecule has 120 valence electrons. The number of para-hydroxylation sites is 1. The number of primary amides is 1. The van der Waals surface area contributed by atoms with Crippen molar-refractivity contribution in [1.29, 1.82) is 0 Å². The summed E-state index contributed by atoms with van der Waals surface area (Å²) in [5.74, 6) is -0.220. The van der Waals surface area contributed by atoms with E-state index in [0.29, 0.717) is 17.0 Å². The fourth-order valence-corrected chi connectivity index (χ4v) is 2.03. The molecule has 0 spiro atoms. The summed E-state index contributed by atoms with van der Waals surface area (Å²) < 4.78 is 5.71. The highest BCUT2D eigenvalue weighted by Gasteiger charge is 2.14. The third-order valence-corrected chi connectivity index (χ3v) is 2.98. The fraction of sp³-hybridized carbons (Fsp3) is 0.222. The number of nitrogens with two attached hydrogens (primary N) is 1. The Kier molecular flexibility index (Phi) is 4.69. The molecule has 0 aliphatic carbocycles. The van der Waals surface area contributed by atoms with Gasteiger partial charge < -0.3 is 15.8 Å². The van der Waals surface area contributed by atoms with Gasteiger partial charge in [0.15, 0.2) is 0 Å². The Morgan fingerprint density at radius 2 is 1.61 bits per heavy atom. The van der Waals surface area contributed by atoms with Gasteiger partial charge in [0.1, 0.15) is 11.4 Å². The Balaban J connectivity index is 2.14. The van der Waals surface area contributed by atoms with Gasteiger partial charge in [0.2, 0.25) is 0 Å². The quantitative estimate of drug-likeness (QED) is 0.909. The average molecular weight is 312 g/mol. The van der Waals surface area contributed by atoms with E-state index in [2.05, 4.69) is 5.32 Å². The molecule has 2 aromatic rings. The Morgan fingerprint density at radius 1 is 1.00 bits per heavy atom. The standard InChI is InChI=1S/C18H20N2O3/c1-18(2,3)23-13-10-8-12(9-11-13)17(22)20-15-7-5-4-6-14(15)16(19)21/h4-11H,1-3H3,(H2,19,21)(H,20,22). The molecule has 0 heterocycles. The van der Waals surface area contributed by atoms with E-state index in [0.717, 1.165) is 0 Å². The molecule has 3 N–H and O–H groups in total. The van der Waals surface area contributed by atoms with Gasteiger partial charge in [0.05, 0.1) is 11.3 Å². The van der Waals surface area contributed by atoms with Crippen LogP contribution in [0.3, 0.4) is 0 Å². The van der Waals surface area contributed by atoms with E-state index in [1.807, 2.05) is 20.8 Å². The highest BCUT2D eigenvalue weighted by Crippen LogP contribution is 2.20. The Labute approximate surface area is 135 Å². The van der Waals surface area contributed by atoms with Gasteiger partial charge in [-0.05, 0) is 57.2 Å². The predicted molar refractivity (Wildman–Crippen MR) is 89.7 cm³/mol. The Hall–Kier alpha value is -2.82. The van der Waals surface area contributed by atoms with Crippen LogP contribution in [0, 0.1) is 0 Å². The van der Waals surface area contributed by atoms with Crippen LogP contribution < -0.4 is 15.8 Å². The van der Waals surface area contributed by atoms with Gasteiger partial charge in [-0.15, -0.1) is 0 Å². The number of anilines is 1. The van der Waals surface area contributed by atoms with Crippen molar-refractivity contribution in [3.05, 3.63) is 59.7 Å². The van der Waals surface area contributed by atoms with E-state index in [1.165, 1.54) is 0 Å². The van der Waals surface area contributed by atoms with E-state index in [9.17, 15) is 9.59 Å². The summed E-state index contributed by atoms with van der Waals surface area (Å²) in [5.41, 5.74) is 6.12. The number of rotatable bonds is 4. The van der Waals surface area contributed by atoms with Crippen molar-refractivity contribution in [2.75, 3.05) is 5.32 Å². The lowest BCUT2D eigenvalue weighted by Gasteiger charge is -2.21. The highest BCUT2D eigenvalue weighted by atomic mass is 16.5. The molecule has 2 amide bonds. The van der Waals surface area contributed by atoms with Crippen LogP contribution in [0.1, 0.15) is 41.5 Å². The number of amides is 2. The number of carbonyl (C=O) groups is 2. The van der Waals surface area contributed by atoms with Crippen LogP contribution in [0.15, 0.2) is 48.5 Å². The summed E-state index contributed by atoms with van der Waals surface area (Å²) in [7, 11) is 0. The van der Waals surface area contributed by atoms with E-state index < -0.39 is 5.91 Å². The molecule has 0 unspecified atom stereocenters. The lowest BCUT2D eigenvalue weighted by molar-refractivity contribution is 0.100. The number of carbonyl (C=O) groups excluding carboxylic acids is 2. The van der Waals surface area contributed by atoms with Gasteiger partial charge in [0, 0.05) is 5.56 Å². The predicted octanol–water partition coefficient (Wildman–Crippen LogP) is 3.22. The molecule has 0 saturated heterocycles. The summed E-state index contributed by atoms with van der Waals surface area (Å²) in [6, 6.07) is 13.4. The van der Waals surface area contributed by atoms with E-state index >= 15 is 0 Å². The Bertz CT molecular complexity index is 716. The summed E-state index contributed by atoms with van der Waals surface area (Å²) in [5, 5.41) is 2.70. The summed E-state index contributed by atoms with van der Waals surface area (Å²) >= 11 is 0. The van der Waals surface area contributed by atoms with Crippen LogP contribution in [0.5, 0.6) is 5.75 Å². The molecule has 0 aliphatic heterocycles. The zero-order valence-corrected chi connectivity index (χ0v) is 13.4. The first-order chi connectivity index (χ1) is 10.8. The lowest BCUT2D eigenvalue weighted by atomic mass is 10.1. The van der Waals surface area contributed by atoms with Crippen molar-refractivity contribution in [3.63, 3.8) is 0 Å². The average Bonchev–Trinajstić information content (AvgIpc) is 2.46. The van der Waals surface area contributed by atoms with Crippen molar-refractivity contribution in [1.82, 2.24) is 0 Å². The minimum absolute atomic E-state index is 0.272. The van der Waals surface area contributed by atoms with Gasteiger partial charge >= 0.3 is 0 Å². The molecular weight excluding hydrogens is 292 g/mol. The molecule has 5 nitrogen and oxygen atoms in total. The fourth-order valence-electron chi connectivity index (χ4n) is 2.03. The molecule has 0 saturated carbocycles. The maximum Gasteiger partial charge on any atom is 0.255 e. The molecule has 2 rings (SSSR count). The maximum absolute atomic E-state index is 12.3. The third kappa shape index (κ3) is 4.57. The molecule has 0 radical (unpaired) electrons. The highest BCUT2D eigenvalue weighted by molar-refractivity contribution is 6.08. The van der Waals surface area contributed by atoms with E-state index in [-0.39, 0.29) is 17.1 Å². The zero-order chi connectivity index (χ0) is 17.0. The first-order valence-electron chi connectivity index (χ1n) is 7.25. The van der Waals surface area contributed by atoms with Crippen LogP contribution in [0.4, 0.5) is 5.69 Å². The Morgan fingerprint density at radius 3 is 2.17 bits per heavy atom. The van der Waals surface area contributed by atoms with Crippen molar-refractivity contribution < 1.29 is 14.3 Å². The number of benzene rings is 2. The van der Waals surface area contributed by atoms with Crippen LogP contribution in [-0.4, -0.2) is 17.4 Å². The molecule has 23 heavy (non-hydrogen) atoms. The van der Waals surface area contributed by atoms with Crippen molar-refractivity contribution >= 4 is 17.5 Å². The maximum atomic E-state index is 12.3. The molecule has 5 heteroatoms. The molecule has 0 atom stereocenters. The minimum atomic E-state index is -0.588. The van der Waals surface area contributed by atoms with Gasteiger partial charge in [-0.25, -0.2) is 0 Å². The van der Waals surface area contributed by atoms with Crippen molar-refractivity contribution in [3.8, 4) is 5.75 Å². The first kappa shape index (κ1) is 16.5. The van der Waals surface area contributed by atoms with Gasteiger partial charge in [-0.3, -0.25) is 9.59 Å². The molecule has 0 aliphatic rings. The van der Waals surface area contributed by atoms with Crippen LogP contribution in [0.2, 0.25) is 0 Å². The van der Waals surface area contributed by atoms with Crippen LogP contribution in [0.25, 0.3) is 0 Å². The molecule has 0 aromatic heterocycles. The third-order valence-electron chi connectivity index (χ3n) is 2.98. The zero-order valence-electron chi connectivity index (χ0n) is 13.4. The largest absolute Gasteiger partial charge is 0.488 e. The van der Waals surface area contributed by atoms with Crippen LogP contribution in [-0.2, 0) is 0 Å². The SMILES string of the molecule is CC(C)(C)Oc1ccc(C(=O)Nc2ccccc2C(N)=O)cc1.